The van der Waals surface area contributed by atoms with Gasteiger partial charge in [0.2, 0.25) is 88.6 Å². The van der Waals surface area contributed by atoms with Gasteiger partial charge < -0.3 is 106 Å². The molecule has 98 heavy (non-hydrogen) atoms. The predicted octanol–water partition coefficient (Wildman–Crippen LogP) is -6.95. The lowest BCUT2D eigenvalue weighted by atomic mass is 9.96. The van der Waals surface area contributed by atoms with Crippen LogP contribution >= 0.6 is 0 Å². The van der Waals surface area contributed by atoms with Gasteiger partial charge in [0.05, 0.1) is 32.0 Å². The van der Waals surface area contributed by atoms with Gasteiger partial charge in [-0.3, -0.25) is 81.5 Å². The maximum atomic E-state index is 14.1. The summed E-state index contributed by atoms with van der Waals surface area (Å²) in [5.41, 5.74) is 11.2. The number of amides is 15. The van der Waals surface area contributed by atoms with E-state index in [1.54, 1.807) is 41.5 Å². The molecule has 0 bridgehead atoms. The first kappa shape index (κ1) is 84.2. The summed E-state index contributed by atoms with van der Waals surface area (Å²) in [4.78, 5) is 231. The second-order valence-electron chi connectivity index (χ2n) is 24.3. The van der Waals surface area contributed by atoms with Crippen LogP contribution in [0.2, 0.25) is 0 Å². The number of carboxylic acids is 2. The normalized spacial score (nSPS) is 16.9. The molecule has 38 heteroatoms. The van der Waals surface area contributed by atoms with Crippen molar-refractivity contribution >= 4 is 101 Å². The molecule has 2 heterocycles. The molecule has 1 saturated heterocycles. The van der Waals surface area contributed by atoms with E-state index in [0.717, 1.165) is 18.7 Å². The summed E-state index contributed by atoms with van der Waals surface area (Å²) in [6.07, 6.45) is -1.73. The molecular formula is C60H97N17O21. The van der Waals surface area contributed by atoms with E-state index in [0.29, 0.717) is 18.5 Å². The van der Waals surface area contributed by atoms with Crippen molar-refractivity contribution in [1.82, 2.24) is 78.7 Å². The van der Waals surface area contributed by atoms with Crippen molar-refractivity contribution in [1.29, 1.82) is 0 Å². The smallest absolute Gasteiger partial charge is 0.303 e. The molecule has 0 saturated carbocycles. The van der Waals surface area contributed by atoms with Crippen LogP contribution in [0.4, 0.5) is 0 Å². The number of aliphatic carboxylic acids is 2. The van der Waals surface area contributed by atoms with E-state index in [1.807, 2.05) is 0 Å². The van der Waals surface area contributed by atoms with E-state index in [4.69, 9.17) is 11.5 Å². The highest BCUT2D eigenvalue weighted by Gasteiger charge is 2.40. The number of aromatic nitrogens is 2. The van der Waals surface area contributed by atoms with Gasteiger partial charge in [-0.2, -0.15) is 0 Å². The number of aromatic amines is 1. The van der Waals surface area contributed by atoms with Crippen LogP contribution in [0.25, 0.3) is 0 Å². The van der Waals surface area contributed by atoms with Crippen molar-refractivity contribution in [3.8, 4) is 0 Å². The Morgan fingerprint density at radius 3 is 1.53 bits per heavy atom. The fourth-order valence-corrected chi connectivity index (χ4v) is 9.93. The standard InChI is InChI=1S/C60H97N17O21/c1-11-28(6)46(49(62)87)74-54(92)36(17-19-44(85)86)70-60(98)48(31(9)79)76-56(94)38(22-41(61)81)71-50(88)30(8)66-52(90)34(13-3)68-55(93)37(21-33-23-63-26-65-33)72-57(95)40-15-14-20-77(40)42(82)24-64-51(89)39(25-78)73-53(91)35(16-18-43(83)84)69-59(97)47(29(7)12-2)75-58(96)45(27(4)5)67-32(10)80/h23,26-31,34-40,45-48,78-79H,11-22,24-25H2,1-10H3,(H2,61,81)(H2,62,87)(H,63,65)(H,64,89)(H,66,90)(H,67,80)(H,68,93)(H,69,97)(H,70,98)(H,71,88)(H,72,95)(H,73,91)(H,74,92)(H,75,96)(H,76,94)(H,83,84)(H,85,86)/t28-,29-,30-,31+,34-,35-,36-,37-,38-,39-,40-,45-,46-,47-,48-/m0/s1. The summed E-state index contributed by atoms with van der Waals surface area (Å²) in [7, 11) is 0. The van der Waals surface area contributed by atoms with Crippen molar-refractivity contribution in [2.24, 2.45) is 29.2 Å². The van der Waals surface area contributed by atoms with Crippen molar-refractivity contribution in [3.05, 3.63) is 18.2 Å². The molecule has 0 aliphatic carbocycles. The largest absolute Gasteiger partial charge is 0.481 e. The molecule has 0 radical (unpaired) electrons. The number of carboxylic acid groups (broad SMARTS) is 2. The second kappa shape index (κ2) is 41.3. The monoisotopic (exact) mass is 1390 g/mol. The van der Waals surface area contributed by atoms with Crippen LogP contribution in [-0.4, -0.2) is 234 Å². The summed E-state index contributed by atoms with van der Waals surface area (Å²) < 4.78 is 0. The highest BCUT2D eigenvalue weighted by atomic mass is 16.4. The van der Waals surface area contributed by atoms with Crippen LogP contribution in [0.5, 0.6) is 0 Å². The number of aliphatic hydroxyl groups is 2. The lowest BCUT2D eigenvalue weighted by Gasteiger charge is -2.29. The van der Waals surface area contributed by atoms with Crippen LogP contribution in [0.1, 0.15) is 139 Å². The lowest BCUT2D eigenvalue weighted by molar-refractivity contribution is -0.140. The molecule has 2 rings (SSSR count). The Bertz CT molecular complexity index is 3000. The number of likely N-dealkylation sites (tertiary alicyclic amines) is 1. The average Bonchev–Trinajstić information content (AvgIpc) is 1.59. The second-order valence-corrected chi connectivity index (χ2v) is 24.3. The van der Waals surface area contributed by atoms with Crippen molar-refractivity contribution in [2.45, 2.75) is 218 Å². The number of primary amides is 2. The summed E-state index contributed by atoms with van der Waals surface area (Å²) in [5.74, 6) is -18.8. The molecule has 1 aromatic rings. The maximum Gasteiger partial charge on any atom is 0.303 e. The SMILES string of the molecule is CC[C@H](NC(=O)[C@H](Cc1cnc[nH]1)NC(=O)[C@@H]1CCCN1C(=O)CNC(=O)[C@H](CO)NC(=O)[C@H](CCC(=O)O)NC(=O)[C@@H](NC(=O)[C@@H](NC(C)=O)C(C)C)[C@@H](C)CC)C(=O)N[C@@H](C)C(=O)N[C@@H](CC(N)=O)C(=O)N[C@H](C(=O)N[C@@H](CCC(=O)O)C(=O)N[C@H](C(N)=O)[C@@H](C)CC)[C@@H](C)O. The van der Waals surface area contributed by atoms with Crippen LogP contribution in [0.3, 0.4) is 0 Å². The number of imidazole rings is 1. The average molecular weight is 1390 g/mol. The molecule has 1 aliphatic rings. The fraction of sp³-hybridized carbons (Fsp3) is 0.667. The predicted molar refractivity (Wildman–Crippen MR) is 342 cm³/mol. The van der Waals surface area contributed by atoms with Crippen LogP contribution in [-0.2, 0) is 87.9 Å². The van der Waals surface area contributed by atoms with Crippen LogP contribution < -0.4 is 75.3 Å². The number of aliphatic hydroxyl groups excluding tert-OH is 2. The van der Waals surface area contributed by atoms with E-state index in [-0.39, 0.29) is 32.2 Å². The number of rotatable bonds is 43. The summed E-state index contributed by atoms with van der Waals surface area (Å²) in [6, 6.07) is -18.2. The molecule has 0 aromatic carbocycles. The van der Waals surface area contributed by atoms with Crippen LogP contribution in [0, 0.1) is 17.8 Å². The molecule has 15 atom stereocenters. The zero-order valence-corrected chi connectivity index (χ0v) is 56.6. The van der Waals surface area contributed by atoms with Gasteiger partial charge in [-0.1, -0.05) is 61.3 Å². The Hall–Kier alpha value is -9.88. The number of hydrogen-bond donors (Lipinski definition) is 19. The minimum atomic E-state index is -1.93. The van der Waals surface area contributed by atoms with E-state index in [9.17, 15) is 102 Å². The minimum absolute atomic E-state index is 0.0176. The van der Waals surface area contributed by atoms with E-state index in [2.05, 4.69) is 73.8 Å². The molecule has 15 amide bonds. The Kier molecular flexibility index (Phi) is 35.5. The third kappa shape index (κ3) is 27.7. The van der Waals surface area contributed by atoms with Gasteiger partial charge in [-0.15, -0.1) is 0 Å². The van der Waals surface area contributed by atoms with Gasteiger partial charge in [0.25, 0.3) is 0 Å². The van der Waals surface area contributed by atoms with Gasteiger partial charge in [0.15, 0.2) is 0 Å². The number of carbonyl (C=O) groups excluding carboxylic acids is 15. The molecule has 1 aromatic heterocycles. The molecule has 38 nitrogen and oxygen atoms in total. The quantitative estimate of drug-likeness (QED) is 0.0289. The van der Waals surface area contributed by atoms with Crippen molar-refractivity contribution in [2.75, 3.05) is 19.7 Å². The topological polar surface area (TPSA) is 599 Å². The van der Waals surface area contributed by atoms with Crippen molar-refractivity contribution in [3.63, 3.8) is 0 Å². The summed E-state index contributed by atoms with van der Waals surface area (Å²) in [6.45, 7) is 13.0. The van der Waals surface area contributed by atoms with E-state index in [1.165, 1.54) is 26.4 Å². The van der Waals surface area contributed by atoms with Gasteiger partial charge in [0, 0.05) is 44.6 Å². The summed E-state index contributed by atoms with van der Waals surface area (Å²) >= 11 is 0. The number of H-pyrrole nitrogens is 1. The Labute approximate surface area is 565 Å². The Balaban J connectivity index is 2.24. The number of nitrogens with one attached hydrogen (secondary N) is 13. The van der Waals surface area contributed by atoms with Crippen molar-refractivity contribution < 1.29 is 102 Å². The highest BCUT2D eigenvalue weighted by molar-refractivity contribution is 6.00. The van der Waals surface area contributed by atoms with Gasteiger partial charge in [-0.25, -0.2) is 4.98 Å². The molecule has 0 spiro atoms. The highest BCUT2D eigenvalue weighted by Crippen LogP contribution is 2.19. The third-order valence-electron chi connectivity index (χ3n) is 16.1. The molecule has 548 valence electrons. The first-order chi connectivity index (χ1) is 45.9. The van der Waals surface area contributed by atoms with Gasteiger partial charge in [-0.05, 0) is 63.7 Å². The van der Waals surface area contributed by atoms with Crippen LogP contribution in [0.15, 0.2) is 12.5 Å². The Morgan fingerprint density at radius 1 is 0.561 bits per heavy atom. The minimum Gasteiger partial charge on any atom is -0.481 e. The molecular weight excluding hydrogens is 1290 g/mol. The number of carbonyl (C=O) groups is 17. The maximum absolute atomic E-state index is 14.1. The zero-order chi connectivity index (χ0) is 74.4. The first-order valence-corrected chi connectivity index (χ1v) is 32.1. The third-order valence-corrected chi connectivity index (χ3v) is 16.1. The first-order valence-electron chi connectivity index (χ1n) is 32.1. The lowest BCUT2D eigenvalue weighted by Crippen LogP contribution is -2.62. The van der Waals surface area contributed by atoms with E-state index >= 15 is 0 Å². The van der Waals surface area contributed by atoms with Gasteiger partial charge >= 0.3 is 11.9 Å². The zero-order valence-electron chi connectivity index (χ0n) is 56.6. The Morgan fingerprint density at radius 2 is 1.04 bits per heavy atom. The number of hydrogen-bond acceptors (Lipinski definition) is 20. The molecule has 21 N–H and O–H groups in total. The molecule has 0 unspecified atom stereocenters. The van der Waals surface area contributed by atoms with Gasteiger partial charge in [0.1, 0.15) is 72.5 Å². The molecule has 1 aliphatic heterocycles. The summed E-state index contributed by atoms with van der Waals surface area (Å²) in [5, 5.41) is 68.2. The van der Waals surface area contributed by atoms with E-state index < -0.39 is 242 Å². The molecule has 1 fully saturated rings. The number of nitrogens with two attached hydrogens (primary N) is 2. The number of nitrogens with zero attached hydrogens (tertiary/aromatic N) is 2. The fourth-order valence-electron chi connectivity index (χ4n) is 9.93.